The van der Waals surface area contributed by atoms with Crippen molar-refractivity contribution in [3.8, 4) is 0 Å². The zero-order chi connectivity index (χ0) is 12.1. The second-order valence-electron chi connectivity index (χ2n) is 3.81. The van der Waals surface area contributed by atoms with Crippen LogP contribution >= 0.6 is 0 Å². The van der Waals surface area contributed by atoms with Crippen LogP contribution in [-0.2, 0) is 0 Å². The van der Waals surface area contributed by atoms with Gasteiger partial charge in [-0.25, -0.2) is 0 Å². The Balaban J connectivity index is 2.91. The molecule has 88 valence electrons. The van der Waals surface area contributed by atoms with Crippen molar-refractivity contribution < 1.29 is 10.0 Å². The molecular formula is C10H15N3O3. The molecule has 0 amide bonds. The number of nitro groups is 1. The van der Waals surface area contributed by atoms with Crippen LogP contribution in [0.5, 0.6) is 0 Å². The minimum absolute atomic E-state index is 0.0796. The molecule has 0 unspecified atom stereocenters. The number of hydrogen-bond donors (Lipinski definition) is 2. The molecule has 0 aliphatic rings. The van der Waals surface area contributed by atoms with Crippen molar-refractivity contribution in [2.24, 2.45) is 5.92 Å². The first-order chi connectivity index (χ1) is 7.56. The molecule has 1 rings (SSSR count). The van der Waals surface area contributed by atoms with Gasteiger partial charge >= 0.3 is 5.82 Å². The number of hydrogen-bond acceptors (Lipinski definition) is 5. The number of aliphatic hydroxyl groups is 1. The van der Waals surface area contributed by atoms with Gasteiger partial charge in [-0.05, 0) is 28.0 Å². The fourth-order valence-electron chi connectivity index (χ4n) is 1.28. The fraction of sp³-hybridized carbons (Fsp3) is 0.500. The Morgan fingerprint density at radius 3 is 2.81 bits per heavy atom. The molecule has 0 bridgehead atoms. The normalized spacial score (nSPS) is 12.5. The summed E-state index contributed by atoms with van der Waals surface area (Å²) in [4.78, 5) is 13.8. The average Bonchev–Trinajstić information content (AvgIpc) is 2.25. The van der Waals surface area contributed by atoms with E-state index in [0.717, 1.165) is 0 Å². The summed E-state index contributed by atoms with van der Waals surface area (Å²) in [5.41, 5.74) is 0.334. The van der Waals surface area contributed by atoms with Gasteiger partial charge in [0.15, 0.2) is 0 Å². The zero-order valence-electron chi connectivity index (χ0n) is 9.25. The maximum Gasteiger partial charge on any atom is 0.386 e. The molecule has 6 nitrogen and oxygen atoms in total. The lowest BCUT2D eigenvalue weighted by molar-refractivity contribution is -0.388. The number of aromatic nitrogens is 1. The van der Waals surface area contributed by atoms with E-state index in [4.69, 9.17) is 5.11 Å². The minimum Gasteiger partial charge on any atom is -0.394 e. The van der Waals surface area contributed by atoms with Crippen molar-refractivity contribution in [2.75, 3.05) is 11.9 Å². The Labute approximate surface area is 93.5 Å². The third-order valence-corrected chi connectivity index (χ3v) is 2.30. The molecule has 2 N–H and O–H groups in total. The van der Waals surface area contributed by atoms with Gasteiger partial charge in [0.1, 0.15) is 11.9 Å². The molecular weight excluding hydrogens is 210 g/mol. The van der Waals surface area contributed by atoms with E-state index < -0.39 is 4.92 Å². The highest BCUT2D eigenvalue weighted by atomic mass is 16.6. The monoisotopic (exact) mass is 225 g/mol. The van der Waals surface area contributed by atoms with Gasteiger partial charge in [-0.15, -0.1) is 0 Å². The highest BCUT2D eigenvalue weighted by molar-refractivity contribution is 5.57. The summed E-state index contributed by atoms with van der Waals surface area (Å²) in [6.45, 7) is 3.77. The maximum absolute atomic E-state index is 10.7. The largest absolute Gasteiger partial charge is 0.394 e. The molecule has 0 fully saturated rings. The summed E-state index contributed by atoms with van der Waals surface area (Å²) < 4.78 is 0. The van der Waals surface area contributed by atoms with E-state index in [-0.39, 0.29) is 24.4 Å². The van der Waals surface area contributed by atoms with E-state index in [9.17, 15) is 10.1 Å². The van der Waals surface area contributed by atoms with Gasteiger partial charge < -0.3 is 20.5 Å². The molecule has 1 aromatic heterocycles. The van der Waals surface area contributed by atoms with Gasteiger partial charge in [-0.3, -0.25) is 0 Å². The van der Waals surface area contributed by atoms with Crippen molar-refractivity contribution in [1.29, 1.82) is 0 Å². The van der Waals surface area contributed by atoms with E-state index in [1.807, 2.05) is 13.8 Å². The van der Waals surface area contributed by atoms with Crippen LogP contribution in [0.25, 0.3) is 0 Å². The van der Waals surface area contributed by atoms with Gasteiger partial charge in [0.25, 0.3) is 0 Å². The second kappa shape index (κ2) is 5.41. The number of anilines is 1. The van der Waals surface area contributed by atoms with Crippen molar-refractivity contribution in [3.05, 3.63) is 28.4 Å². The molecule has 6 heteroatoms. The van der Waals surface area contributed by atoms with Crippen LogP contribution in [0.3, 0.4) is 0 Å². The molecule has 0 saturated carbocycles. The third-order valence-electron chi connectivity index (χ3n) is 2.30. The van der Waals surface area contributed by atoms with Crippen LogP contribution in [0.2, 0.25) is 0 Å². The van der Waals surface area contributed by atoms with Gasteiger partial charge in [-0.2, -0.15) is 0 Å². The lowest BCUT2D eigenvalue weighted by atomic mass is 10.1. The Morgan fingerprint density at radius 1 is 1.62 bits per heavy atom. The SMILES string of the molecule is CC(C)[C@@H](CO)Nc1cccnc1[N+](=O)[O-]. The number of nitrogens with one attached hydrogen (secondary N) is 1. The van der Waals surface area contributed by atoms with Gasteiger partial charge in [0, 0.05) is 0 Å². The molecule has 0 aromatic carbocycles. The maximum atomic E-state index is 10.7. The topological polar surface area (TPSA) is 88.3 Å². The minimum atomic E-state index is -0.545. The van der Waals surface area contributed by atoms with Crippen molar-refractivity contribution in [2.45, 2.75) is 19.9 Å². The van der Waals surface area contributed by atoms with Gasteiger partial charge in [-0.1, -0.05) is 13.8 Å². The first-order valence-electron chi connectivity index (χ1n) is 5.03. The summed E-state index contributed by atoms with van der Waals surface area (Å²) in [5, 5.41) is 22.8. The highest BCUT2D eigenvalue weighted by Gasteiger charge is 2.19. The Morgan fingerprint density at radius 2 is 2.31 bits per heavy atom. The second-order valence-corrected chi connectivity index (χ2v) is 3.81. The predicted molar refractivity (Wildman–Crippen MR) is 60.2 cm³/mol. The number of aliphatic hydroxyl groups excluding tert-OH is 1. The first-order valence-corrected chi connectivity index (χ1v) is 5.03. The van der Waals surface area contributed by atoms with Crippen LogP contribution in [0.15, 0.2) is 18.3 Å². The average molecular weight is 225 g/mol. The molecule has 0 aliphatic carbocycles. The van der Waals surface area contributed by atoms with Crippen LogP contribution < -0.4 is 5.32 Å². The van der Waals surface area contributed by atoms with Crippen LogP contribution in [-0.4, -0.2) is 27.7 Å². The fourth-order valence-corrected chi connectivity index (χ4v) is 1.28. The van der Waals surface area contributed by atoms with E-state index >= 15 is 0 Å². The zero-order valence-corrected chi connectivity index (χ0v) is 9.25. The molecule has 1 atom stereocenters. The Bertz CT molecular complexity index is 368. The van der Waals surface area contributed by atoms with Crippen LogP contribution in [0.1, 0.15) is 13.8 Å². The van der Waals surface area contributed by atoms with Crippen molar-refractivity contribution in [1.82, 2.24) is 4.98 Å². The Kier molecular flexibility index (Phi) is 4.19. The number of pyridine rings is 1. The van der Waals surface area contributed by atoms with E-state index in [1.165, 1.54) is 6.20 Å². The lowest BCUT2D eigenvalue weighted by Crippen LogP contribution is -2.29. The molecule has 0 aliphatic heterocycles. The quantitative estimate of drug-likeness (QED) is 0.584. The van der Waals surface area contributed by atoms with Gasteiger partial charge in [0.05, 0.1) is 12.6 Å². The molecule has 1 heterocycles. The summed E-state index contributed by atoms with van der Waals surface area (Å²) in [6, 6.07) is 2.98. The molecule has 16 heavy (non-hydrogen) atoms. The van der Waals surface area contributed by atoms with Crippen molar-refractivity contribution >= 4 is 11.5 Å². The van der Waals surface area contributed by atoms with E-state index in [2.05, 4.69) is 10.3 Å². The van der Waals surface area contributed by atoms with Crippen LogP contribution in [0.4, 0.5) is 11.5 Å². The standard InChI is InChI=1S/C10H15N3O3/c1-7(2)9(6-14)12-8-4-3-5-11-10(8)13(15)16/h3-5,7,9,12,14H,6H2,1-2H3/t9-/m1/s1. The number of nitrogens with zero attached hydrogens (tertiary/aromatic N) is 2. The molecule has 1 aromatic rings. The Hall–Kier alpha value is -1.69. The lowest BCUT2D eigenvalue weighted by Gasteiger charge is -2.20. The summed E-state index contributed by atoms with van der Waals surface area (Å²) in [7, 11) is 0. The van der Waals surface area contributed by atoms with Gasteiger partial charge in [0.2, 0.25) is 0 Å². The first kappa shape index (κ1) is 12.4. The third kappa shape index (κ3) is 2.90. The van der Waals surface area contributed by atoms with E-state index in [1.54, 1.807) is 12.1 Å². The predicted octanol–water partition coefficient (Wildman–Crippen LogP) is 1.42. The van der Waals surface area contributed by atoms with Crippen molar-refractivity contribution in [3.63, 3.8) is 0 Å². The summed E-state index contributed by atoms with van der Waals surface area (Å²) >= 11 is 0. The molecule has 0 saturated heterocycles. The summed E-state index contributed by atoms with van der Waals surface area (Å²) in [6.07, 6.45) is 1.37. The van der Waals surface area contributed by atoms with E-state index in [0.29, 0.717) is 5.69 Å². The highest BCUT2D eigenvalue weighted by Crippen LogP contribution is 2.22. The number of rotatable bonds is 5. The summed E-state index contributed by atoms with van der Waals surface area (Å²) in [5.74, 6) is -0.0496. The molecule has 0 radical (unpaired) electrons. The molecule has 0 spiro atoms. The smallest absolute Gasteiger partial charge is 0.386 e. The van der Waals surface area contributed by atoms with Crippen LogP contribution in [0, 0.1) is 16.0 Å².